The van der Waals surface area contributed by atoms with Gasteiger partial charge in [-0.25, -0.2) is 4.79 Å². The Kier molecular flexibility index (Phi) is 19.0. The van der Waals surface area contributed by atoms with Crippen molar-refractivity contribution in [3.8, 4) is 0 Å². The quantitative estimate of drug-likeness (QED) is 0.0633. The topological polar surface area (TPSA) is 289 Å². The van der Waals surface area contributed by atoms with Gasteiger partial charge in [-0.3, -0.25) is 38.4 Å². The fourth-order valence-electron chi connectivity index (χ4n) is 6.50. The van der Waals surface area contributed by atoms with Crippen molar-refractivity contribution in [1.82, 2.24) is 31.5 Å². The molecule has 59 heavy (non-hydrogen) atoms. The minimum Gasteiger partial charge on any atom is -0.480 e. The number of primary amides is 2. The lowest BCUT2D eigenvalue weighted by molar-refractivity contribution is -0.142. The molecule has 0 saturated carbocycles. The predicted octanol–water partition coefficient (Wildman–Crippen LogP) is -0.430. The lowest BCUT2D eigenvalue weighted by Gasteiger charge is -2.33. The number of nitrogens with two attached hydrogens (primary N) is 2. The van der Waals surface area contributed by atoms with E-state index in [-0.39, 0.29) is 57.5 Å². The molecular weight excluding hydrogens is 764 g/mol. The third kappa shape index (κ3) is 16.2. The molecule has 1 aliphatic rings. The molecule has 1 saturated heterocycles. The van der Waals surface area contributed by atoms with E-state index in [9.17, 15) is 48.3 Å². The van der Waals surface area contributed by atoms with Gasteiger partial charge in [0.15, 0.2) is 0 Å². The molecule has 6 atom stereocenters. The number of hydrogen-bond donors (Lipinski definition) is 8. The molecule has 3 rings (SSSR count). The van der Waals surface area contributed by atoms with Crippen LogP contribution in [-0.2, 0) is 56.0 Å². The zero-order chi connectivity index (χ0) is 43.5. The van der Waals surface area contributed by atoms with Crippen LogP contribution in [-0.4, -0.2) is 107 Å². The van der Waals surface area contributed by atoms with E-state index in [0.717, 1.165) is 5.56 Å². The first kappa shape index (κ1) is 47.0. The summed E-state index contributed by atoms with van der Waals surface area (Å²) in [6.07, 6.45) is 1.22. The molecule has 18 nitrogen and oxygen atoms in total. The first-order valence-corrected chi connectivity index (χ1v) is 19.7. The highest BCUT2D eigenvalue weighted by Crippen LogP contribution is 2.14. The standard InChI is InChI=1S/C41H56N8O10/c1-3-25(2)36(39(56)46-29(37(43)54)21-26-13-6-4-7-14-26)48-35(53)24-49-20-12-17-28(40(49)57)44-33(51)18-10-11-19-34(52)45-30(23-32(42)50)38(55)47-31(41(58)59)22-27-15-8-5-9-16-27/h4-9,13-16,25,28-31,36H,3,10-12,17-24H2,1-2H3,(H2,42,50)(H2,43,54)(H,44,51)(H,45,52)(H,46,56)(H,47,55)(H,48,53)(H,58,59)/t25-,28-,29-,30-,31-,36-/m0/s1. The molecule has 2 aromatic carbocycles. The second kappa shape index (κ2) is 23.8. The van der Waals surface area contributed by atoms with Crippen molar-refractivity contribution in [2.45, 2.75) is 108 Å². The van der Waals surface area contributed by atoms with E-state index in [1.54, 1.807) is 61.5 Å². The highest BCUT2D eigenvalue weighted by Gasteiger charge is 2.34. The molecule has 0 aliphatic carbocycles. The maximum atomic E-state index is 13.3. The number of carbonyl (C=O) groups excluding carboxylic acids is 8. The van der Waals surface area contributed by atoms with Crippen molar-refractivity contribution in [2.24, 2.45) is 17.4 Å². The summed E-state index contributed by atoms with van der Waals surface area (Å²) in [6, 6.07) is 12.0. The lowest BCUT2D eigenvalue weighted by Crippen LogP contribution is -2.58. The van der Waals surface area contributed by atoms with Crippen LogP contribution in [0.2, 0.25) is 0 Å². The van der Waals surface area contributed by atoms with Gasteiger partial charge in [-0.05, 0) is 42.7 Å². The van der Waals surface area contributed by atoms with Gasteiger partial charge in [0.2, 0.25) is 47.3 Å². The van der Waals surface area contributed by atoms with Gasteiger partial charge >= 0.3 is 5.97 Å². The van der Waals surface area contributed by atoms with E-state index in [2.05, 4.69) is 26.6 Å². The summed E-state index contributed by atoms with van der Waals surface area (Å²) in [4.78, 5) is 115. The molecule has 0 bridgehead atoms. The average molecular weight is 821 g/mol. The number of benzene rings is 2. The summed E-state index contributed by atoms with van der Waals surface area (Å²) in [6.45, 7) is 3.52. The van der Waals surface area contributed by atoms with Gasteiger partial charge < -0.3 is 48.1 Å². The number of aliphatic carboxylic acids is 1. The van der Waals surface area contributed by atoms with Gasteiger partial charge in [0.25, 0.3) is 0 Å². The smallest absolute Gasteiger partial charge is 0.326 e. The van der Waals surface area contributed by atoms with Crippen LogP contribution in [0, 0.1) is 5.92 Å². The highest BCUT2D eigenvalue weighted by atomic mass is 16.4. The van der Waals surface area contributed by atoms with Gasteiger partial charge in [0, 0.05) is 32.2 Å². The summed E-state index contributed by atoms with van der Waals surface area (Å²) in [5, 5.41) is 22.5. The third-order valence-corrected chi connectivity index (χ3v) is 9.97. The minimum absolute atomic E-state index is 0.0305. The Balaban J connectivity index is 1.46. The summed E-state index contributed by atoms with van der Waals surface area (Å²) in [5.41, 5.74) is 12.3. The second-order valence-electron chi connectivity index (χ2n) is 14.7. The number of nitrogens with one attached hydrogen (secondary N) is 5. The van der Waals surface area contributed by atoms with Crippen LogP contribution in [0.1, 0.15) is 76.3 Å². The Morgan fingerprint density at radius 1 is 0.746 bits per heavy atom. The molecular formula is C41H56N8O10. The van der Waals surface area contributed by atoms with Crippen LogP contribution in [0.25, 0.3) is 0 Å². The normalized spacial score (nSPS) is 16.3. The second-order valence-corrected chi connectivity index (χ2v) is 14.7. The molecule has 0 aromatic heterocycles. The number of rotatable bonds is 24. The third-order valence-electron chi connectivity index (χ3n) is 9.97. The van der Waals surface area contributed by atoms with Gasteiger partial charge in [0.05, 0.1) is 13.0 Å². The van der Waals surface area contributed by atoms with Crippen molar-refractivity contribution in [1.29, 1.82) is 0 Å². The van der Waals surface area contributed by atoms with E-state index in [1.807, 2.05) is 13.0 Å². The molecule has 2 aromatic rings. The number of carboxylic acids is 1. The zero-order valence-electron chi connectivity index (χ0n) is 33.4. The van der Waals surface area contributed by atoms with E-state index in [0.29, 0.717) is 24.8 Å². The molecule has 0 unspecified atom stereocenters. The fraction of sp³-hybridized carbons (Fsp3) is 0.488. The maximum Gasteiger partial charge on any atom is 0.326 e. The average Bonchev–Trinajstić information content (AvgIpc) is 3.19. The van der Waals surface area contributed by atoms with Gasteiger partial charge in [-0.2, -0.15) is 0 Å². The van der Waals surface area contributed by atoms with Crippen LogP contribution in [0.4, 0.5) is 0 Å². The van der Waals surface area contributed by atoms with Gasteiger partial charge in [0.1, 0.15) is 30.2 Å². The lowest BCUT2D eigenvalue weighted by atomic mass is 9.97. The van der Waals surface area contributed by atoms with Crippen molar-refractivity contribution in [3.63, 3.8) is 0 Å². The van der Waals surface area contributed by atoms with Crippen molar-refractivity contribution >= 4 is 53.2 Å². The van der Waals surface area contributed by atoms with E-state index in [4.69, 9.17) is 11.5 Å². The first-order valence-electron chi connectivity index (χ1n) is 19.7. The number of likely N-dealkylation sites (tertiary alicyclic amines) is 1. The Morgan fingerprint density at radius 3 is 1.85 bits per heavy atom. The summed E-state index contributed by atoms with van der Waals surface area (Å²) in [5.74, 6) is -6.84. The van der Waals surface area contributed by atoms with Crippen LogP contribution < -0.4 is 38.1 Å². The van der Waals surface area contributed by atoms with Crippen molar-refractivity contribution in [3.05, 3.63) is 71.8 Å². The highest BCUT2D eigenvalue weighted by molar-refractivity contribution is 5.95. The maximum absolute atomic E-state index is 13.3. The summed E-state index contributed by atoms with van der Waals surface area (Å²) >= 11 is 0. The van der Waals surface area contributed by atoms with Crippen LogP contribution >= 0.6 is 0 Å². The minimum atomic E-state index is -1.42. The first-order chi connectivity index (χ1) is 28.1. The van der Waals surface area contributed by atoms with Crippen molar-refractivity contribution < 1.29 is 48.3 Å². The summed E-state index contributed by atoms with van der Waals surface area (Å²) < 4.78 is 0. The molecule has 1 fully saturated rings. The largest absolute Gasteiger partial charge is 0.480 e. The van der Waals surface area contributed by atoms with Gasteiger partial charge in [-0.1, -0.05) is 80.9 Å². The predicted molar refractivity (Wildman–Crippen MR) is 214 cm³/mol. The number of carbonyl (C=O) groups is 9. The molecule has 10 N–H and O–H groups in total. The van der Waals surface area contributed by atoms with E-state index < -0.39 is 89.9 Å². The number of carboxylic acid groups (broad SMARTS) is 1. The number of unbranched alkanes of at least 4 members (excludes halogenated alkanes) is 1. The molecule has 1 aliphatic heterocycles. The Labute approximate surface area is 343 Å². The molecule has 0 radical (unpaired) electrons. The Bertz CT molecular complexity index is 1790. The van der Waals surface area contributed by atoms with Crippen LogP contribution in [0.5, 0.6) is 0 Å². The molecule has 8 amide bonds. The number of amides is 8. The Hall–Kier alpha value is -6.33. The van der Waals surface area contributed by atoms with E-state index >= 15 is 0 Å². The van der Waals surface area contributed by atoms with E-state index in [1.165, 1.54) is 4.90 Å². The molecule has 320 valence electrons. The fourth-order valence-corrected chi connectivity index (χ4v) is 6.50. The zero-order valence-corrected chi connectivity index (χ0v) is 33.4. The summed E-state index contributed by atoms with van der Waals surface area (Å²) in [7, 11) is 0. The van der Waals surface area contributed by atoms with Crippen molar-refractivity contribution in [2.75, 3.05) is 13.1 Å². The SMILES string of the molecule is CC[C@H](C)[C@H](NC(=O)CN1CCC[C@H](NC(=O)CCCCC(=O)N[C@@H](CC(N)=O)C(=O)N[C@@H](Cc2ccccc2)C(=O)O)C1=O)C(=O)N[C@@H](Cc1ccccc1)C(N)=O. The van der Waals surface area contributed by atoms with Crippen LogP contribution in [0.15, 0.2) is 60.7 Å². The monoisotopic (exact) mass is 820 g/mol. The number of nitrogens with zero attached hydrogens (tertiary/aromatic N) is 1. The number of piperidine rings is 1. The molecule has 0 spiro atoms. The van der Waals surface area contributed by atoms with Gasteiger partial charge in [-0.15, -0.1) is 0 Å². The van der Waals surface area contributed by atoms with Crippen LogP contribution in [0.3, 0.4) is 0 Å². The molecule has 18 heteroatoms. The number of hydrogen-bond acceptors (Lipinski definition) is 9. The Morgan fingerprint density at radius 2 is 1.31 bits per heavy atom. The molecule has 1 heterocycles.